The highest BCUT2D eigenvalue weighted by atomic mass is 16.5. The highest BCUT2D eigenvalue weighted by Gasteiger charge is 2.31. The lowest BCUT2D eigenvalue weighted by Gasteiger charge is -2.38. The van der Waals surface area contributed by atoms with Crippen molar-refractivity contribution in [2.24, 2.45) is 0 Å². The second-order valence-electron chi connectivity index (χ2n) is 5.04. The molecule has 0 saturated carbocycles. The maximum absolute atomic E-state index is 6.13. The van der Waals surface area contributed by atoms with Crippen LogP contribution in [-0.4, -0.2) is 11.2 Å². The molecule has 0 amide bonds. The molecule has 0 spiro atoms. The molecule has 1 heteroatoms. The van der Waals surface area contributed by atoms with Gasteiger partial charge < -0.3 is 4.74 Å². The molecule has 0 fully saturated rings. The molecular formula is C14H26O. The van der Waals surface area contributed by atoms with E-state index in [1.165, 1.54) is 0 Å². The summed E-state index contributed by atoms with van der Waals surface area (Å²) >= 11 is 0. The van der Waals surface area contributed by atoms with E-state index in [2.05, 4.69) is 54.7 Å². The van der Waals surface area contributed by atoms with Gasteiger partial charge in [-0.05, 0) is 51.7 Å². The Balaban J connectivity index is 4.71. The van der Waals surface area contributed by atoms with E-state index in [9.17, 15) is 0 Å². The Labute approximate surface area is 95.2 Å². The Hall–Kier alpha value is -0.560. The summed E-state index contributed by atoms with van der Waals surface area (Å²) in [5.74, 6) is 0. The van der Waals surface area contributed by atoms with Crippen molar-refractivity contribution < 1.29 is 4.74 Å². The van der Waals surface area contributed by atoms with E-state index < -0.39 is 0 Å². The van der Waals surface area contributed by atoms with Crippen LogP contribution in [0, 0.1) is 0 Å². The molecule has 0 aromatic rings. The third-order valence-corrected chi connectivity index (χ3v) is 3.07. The van der Waals surface area contributed by atoms with Gasteiger partial charge in [-0.3, -0.25) is 0 Å². The van der Waals surface area contributed by atoms with Gasteiger partial charge in [0.15, 0.2) is 0 Å². The first-order valence-corrected chi connectivity index (χ1v) is 5.74. The fraction of sp³-hybridized carbons (Fsp3) is 0.714. The lowest BCUT2D eigenvalue weighted by atomic mass is 9.92. The van der Waals surface area contributed by atoms with Crippen LogP contribution in [0.4, 0.5) is 0 Å². The smallest absolute Gasteiger partial charge is 0.0844 e. The summed E-state index contributed by atoms with van der Waals surface area (Å²) in [7, 11) is 0. The zero-order valence-electron chi connectivity index (χ0n) is 11.2. The molecule has 0 aromatic heterocycles. The maximum Gasteiger partial charge on any atom is 0.0844 e. The highest BCUT2D eigenvalue weighted by Crippen LogP contribution is 2.32. The maximum atomic E-state index is 6.13. The molecule has 0 unspecified atom stereocenters. The van der Waals surface area contributed by atoms with Gasteiger partial charge in [0, 0.05) is 0 Å². The molecule has 88 valence electrons. The topological polar surface area (TPSA) is 9.23 Å². The van der Waals surface area contributed by atoms with E-state index in [-0.39, 0.29) is 11.2 Å². The van der Waals surface area contributed by atoms with Crippen molar-refractivity contribution in [3.05, 3.63) is 24.3 Å². The van der Waals surface area contributed by atoms with Gasteiger partial charge in [-0.1, -0.05) is 27.0 Å². The summed E-state index contributed by atoms with van der Waals surface area (Å²) < 4.78 is 6.13. The molecule has 0 heterocycles. The minimum Gasteiger partial charge on any atom is -0.361 e. The second-order valence-corrected chi connectivity index (χ2v) is 5.04. The predicted molar refractivity (Wildman–Crippen MR) is 68.1 cm³/mol. The second kappa shape index (κ2) is 4.98. The van der Waals surface area contributed by atoms with Crippen LogP contribution in [0.1, 0.15) is 54.4 Å². The van der Waals surface area contributed by atoms with Crippen molar-refractivity contribution >= 4 is 0 Å². The number of hydrogen-bond donors (Lipinski definition) is 0. The van der Waals surface area contributed by atoms with Gasteiger partial charge in [-0.25, -0.2) is 0 Å². The Morgan fingerprint density at radius 1 is 0.867 bits per heavy atom. The van der Waals surface area contributed by atoms with Gasteiger partial charge in [0.1, 0.15) is 0 Å². The molecule has 1 nitrogen and oxygen atoms in total. The van der Waals surface area contributed by atoms with Crippen LogP contribution in [0.3, 0.4) is 0 Å². The monoisotopic (exact) mass is 210 g/mol. The zero-order chi connectivity index (χ0) is 12.3. The SMILES string of the molecule is C=C(CC)C(C)(C)OC(C)(C)C(=C)CC. The molecule has 0 atom stereocenters. The first-order valence-electron chi connectivity index (χ1n) is 5.74. The third-order valence-electron chi connectivity index (χ3n) is 3.07. The lowest BCUT2D eigenvalue weighted by Crippen LogP contribution is -2.39. The van der Waals surface area contributed by atoms with Gasteiger partial charge in [-0.15, -0.1) is 0 Å². The van der Waals surface area contributed by atoms with Gasteiger partial charge in [0.25, 0.3) is 0 Å². The van der Waals surface area contributed by atoms with Crippen LogP contribution in [0.5, 0.6) is 0 Å². The van der Waals surface area contributed by atoms with Crippen molar-refractivity contribution in [3.8, 4) is 0 Å². The molecule has 0 aliphatic rings. The molecule has 0 N–H and O–H groups in total. The molecule has 0 aliphatic carbocycles. The summed E-state index contributed by atoms with van der Waals surface area (Å²) in [5, 5.41) is 0. The fourth-order valence-electron chi connectivity index (χ4n) is 1.63. The quantitative estimate of drug-likeness (QED) is 0.587. The van der Waals surface area contributed by atoms with Crippen molar-refractivity contribution in [3.63, 3.8) is 0 Å². The molecule has 0 aliphatic heterocycles. The minimum atomic E-state index is -0.281. The van der Waals surface area contributed by atoms with E-state index in [0.717, 1.165) is 24.0 Å². The van der Waals surface area contributed by atoms with Crippen LogP contribution >= 0.6 is 0 Å². The zero-order valence-corrected chi connectivity index (χ0v) is 11.2. The van der Waals surface area contributed by atoms with Gasteiger partial charge in [0.2, 0.25) is 0 Å². The van der Waals surface area contributed by atoms with Crippen molar-refractivity contribution in [1.29, 1.82) is 0 Å². The normalized spacial score (nSPS) is 12.7. The minimum absolute atomic E-state index is 0.281. The lowest BCUT2D eigenvalue weighted by molar-refractivity contribution is -0.0832. The van der Waals surface area contributed by atoms with Crippen LogP contribution in [0.2, 0.25) is 0 Å². The summed E-state index contributed by atoms with van der Waals surface area (Å²) in [5.41, 5.74) is 1.69. The number of hydrogen-bond acceptors (Lipinski definition) is 1. The Morgan fingerprint density at radius 2 is 1.13 bits per heavy atom. The summed E-state index contributed by atoms with van der Waals surface area (Å²) in [6.45, 7) is 20.6. The third kappa shape index (κ3) is 3.83. The highest BCUT2D eigenvalue weighted by molar-refractivity contribution is 5.14. The van der Waals surface area contributed by atoms with Gasteiger partial charge in [0.05, 0.1) is 11.2 Å². The first-order chi connectivity index (χ1) is 6.67. The molecule has 0 bridgehead atoms. The van der Waals surface area contributed by atoms with E-state index in [0.29, 0.717) is 0 Å². The standard InChI is InChI=1S/C14H26O/c1-9-11(3)13(5,6)15-14(7,8)12(4)10-2/h3-4,9-10H2,1-2,5-8H3. The van der Waals surface area contributed by atoms with Crippen LogP contribution in [0.15, 0.2) is 24.3 Å². The first kappa shape index (κ1) is 14.4. The van der Waals surface area contributed by atoms with E-state index >= 15 is 0 Å². The molecule has 15 heavy (non-hydrogen) atoms. The Bertz CT molecular complexity index is 220. The molecule has 0 saturated heterocycles. The fourth-order valence-corrected chi connectivity index (χ4v) is 1.63. The molecule has 0 rings (SSSR count). The summed E-state index contributed by atoms with van der Waals surface area (Å²) in [4.78, 5) is 0. The van der Waals surface area contributed by atoms with Crippen LogP contribution in [0.25, 0.3) is 0 Å². The van der Waals surface area contributed by atoms with Crippen LogP contribution in [-0.2, 0) is 4.74 Å². The average Bonchev–Trinajstić information content (AvgIpc) is 2.13. The number of rotatable bonds is 6. The molecular weight excluding hydrogens is 184 g/mol. The number of ether oxygens (including phenoxy) is 1. The molecule has 0 aromatic carbocycles. The summed E-state index contributed by atoms with van der Waals surface area (Å²) in [6, 6.07) is 0. The van der Waals surface area contributed by atoms with Crippen molar-refractivity contribution in [2.45, 2.75) is 65.6 Å². The van der Waals surface area contributed by atoms with Crippen molar-refractivity contribution in [1.82, 2.24) is 0 Å². The molecule has 0 radical (unpaired) electrons. The van der Waals surface area contributed by atoms with Crippen LogP contribution < -0.4 is 0 Å². The average molecular weight is 210 g/mol. The summed E-state index contributed by atoms with van der Waals surface area (Å²) in [6.07, 6.45) is 1.89. The van der Waals surface area contributed by atoms with E-state index in [1.807, 2.05) is 0 Å². The predicted octanol–water partition coefficient (Wildman–Crippen LogP) is 4.49. The van der Waals surface area contributed by atoms with E-state index in [4.69, 9.17) is 4.74 Å². The Morgan fingerprint density at radius 3 is 1.33 bits per heavy atom. The van der Waals surface area contributed by atoms with E-state index in [1.54, 1.807) is 0 Å². The van der Waals surface area contributed by atoms with Crippen molar-refractivity contribution in [2.75, 3.05) is 0 Å². The van der Waals surface area contributed by atoms with Gasteiger partial charge in [-0.2, -0.15) is 0 Å². The largest absolute Gasteiger partial charge is 0.361 e. The van der Waals surface area contributed by atoms with Gasteiger partial charge >= 0.3 is 0 Å². The Kier molecular flexibility index (Phi) is 4.79.